The molecule has 2 aromatic rings. The van der Waals surface area contributed by atoms with Crippen LogP contribution in [0, 0.1) is 5.41 Å². The minimum atomic E-state index is 0.0465. The van der Waals surface area contributed by atoms with Gasteiger partial charge in [0.05, 0.1) is 31.1 Å². The second kappa shape index (κ2) is 5.99. The van der Waals surface area contributed by atoms with Gasteiger partial charge in [-0.2, -0.15) is 0 Å². The van der Waals surface area contributed by atoms with Gasteiger partial charge in [0, 0.05) is 30.3 Å². The Morgan fingerprint density at radius 1 is 0.920 bits per heavy atom. The summed E-state index contributed by atoms with van der Waals surface area (Å²) < 4.78 is 0.978. The van der Waals surface area contributed by atoms with E-state index in [0.717, 1.165) is 49.9 Å². The van der Waals surface area contributed by atoms with E-state index in [4.69, 9.17) is 4.99 Å². The molecule has 0 saturated carbocycles. The predicted octanol–water partition coefficient (Wildman–Crippen LogP) is 2.77. The van der Waals surface area contributed by atoms with E-state index in [1.54, 1.807) is 0 Å². The van der Waals surface area contributed by atoms with Crippen molar-refractivity contribution in [2.75, 3.05) is 39.6 Å². The van der Waals surface area contributed by atoms with Crippen molar-refractivity contribution in [2.24, 2.45) is 10.4 Å². The first-order valence-corrected chi connectivity index (χ1v) is 9.43. The predicted molar refractivity (Wildman–Crippen MR) is 102 cm³/mol. The molecule has 6 heteroatoms. The number of pyridine rings is 1. The number of rotatable bonds is 3. The van der Waals surface area contributed by atoms with Crippen molar-refractivity contribution < 1.29 is 0 Å². The maximum atomic E-state index is 5.06. The first kappa shape index (κ1) is 15.6. The molecule has 0 aliphatic carbocycles. The molecule has 1 aromatic heterocycles. The molecule has 0 spiro atoms. The van der Waals surface area contributed by atoms with Gasteiger partial charge >= 0.3 is 0 Å². The van der Waals surface area contributed by atoms with Crippen molar-refractivity contribution in [3.8, 4) is 0 Å². The summed E-state index contributed by atoms with van der Waals surface area (Å²) in [6.07, 6.45) is 1.82. The molecule has 5 nitrogen and oxygen atoms in total. The molecule has 5 heterocycles. The van der Waals surface area contributed by atoms with Crippen molar-refractivity contribution in [1.29, 1.82) is 0 Å². The number of halogens is 1. The van der Waals surface area contributed by atoms with Crippen molar-refractivity contribution in [3.05, 3.63) is 58.7 Å². The molecule has 4 aliphatic rings. The highest BCUT2D eigenvalue weighted by Crippen LogP contribution is 2.39. The van der Waals surface area contributed by atoms with Gasteiger partial charge in [0.1, 0.15) is 0 Å². The number of aromatic nitrogens is 1. The lowest BCUT2D eigenvalue weighted by atomic mass is 9.74. The summed E-state index contributed by atoms with van der Waals surface area (Å²) in [4.78, 5) is 17.2. The first-order valence-electron chi connectivity index (χ1n) is 8.63. The van der Waals surface area contributed by atoms with Crippen LogP contribution >= 0.6 is 15.9 Å². The van der Waals surface area contributed by atoms with Crippen LogP contribution in [0.5, 0.6) is 0 Å². The summed E-state index contributed by atoms with van der Waals surface area (Å²) in [6, 6.07) is 14.6. The van der Waals surface area contributed by atoms with Crippen LogP contribution in [0.25, 0.3) is 0 Å². The molecular weight excluding hydrogens is 378 g/mol. The SMILES string of the molecule is Brc1ccc(N=C(c2ccccc2)C23CN4CN(CN(C4)C2)C3)nc1. The molecular formula is C19H20BrN5. The summed E-state index contributed by atoms with van der Waals surface area (Å²) in [5.41, 5.74) is 2.42. The molecule has 4 aliphatic heterocycles. The van der Waals surface area contributed by atoms with E-state index >= 15 is 0 Å². The van der Waals surface area contributed by atoms with Crippen LogP contribution in [0.15, 0.2) is 58.1 Å². The van der Waals surface area contributed by atoms with E-state index in [-0.39, 0.29) is 5.41 Å². The van der Waals surface area contributed by atoms with E-state index < -0.39 is 0 Å². The molecule has 128 valence electrons. The molecule has 0 unspecified atom stereocenters. The zero-order chi connectivity index (χ0) is 16.9. The van der Waals surface area contributed by atoms with Crippen LogP contribution in [-0.4, -0.2) is 65.0 Å². The number of hydrogen-bond donors (Lipinski definition) is 0. The van der Waals surface area contributed by atoms with Crippen molar-refractivity contribution in [1.82, 2.24) is 19.7 Å². The maximum absolute atomic E-state index is 5.06. The van der Waals surface area contributed by atoms with Crippen LogP contribution in [0.3, 0.4) is 0 Å². The summed E-state index contributed by atoms with van der Waals surface area (Å²) in [5.74, 6) is 0.776. The van der Waals surface area contributed by atoms with Gasteiger partial charge < -0.3 is 0 Å². The van der Waals surface area contributed by atoms with Crippen LogP contribution in [0.1, 0.15) is 5.56 Å². The fourth-order valence-electron chi connectivity index (χ4n) is 4.58. The topological polar surface area (TPSA) is 35.0 Å². The molecule has 4 fully saturated rings. The van der Waals surface area contributed by atoms with E-state index in [1.807, 2.05) is 18.3 Å². The quantitative estimate of drug-likeness (QED) is 0.745. The highest BCUT2D eigenvalue weighted by atomic mass is 79.9. The third kappa shape index (κ3) is 2.83. The largest absolute Gasteiger partial charge is 0.276 e. The molecule has 0 atom stereocenters. The lowest BCUT2D eigenvalue weighted by Gasteiger charge is -2.60. The highest BCUT2D eigenvalue weighted by Gasteiger charge is 2.51. The van der Waals surface area contributed by atoms with Gasteiger partial charge in [0.25, 0.3) is 0 Å². The Kier molecular flexibility index (Phi) is 3.74. The molecule has 25 heavy (non-hydrogen) atoms. The Hall–Kier alpha value is -1.60. The molecule has 0 amide bonds. The molecule has 4 bridgehead atoms. The number of benzene rings is 1. The average molecular weight is 398 g/mol. The lowest BCUT2D eigenvalue weighted by Crippen LogP contribution is -2.74. The molecule has 1 aromatic carbocycles. The number of aliphatic imine (C=N–C) groups is 1. The minimum absolute atomic E-state index is 0.0465. The summed E-state index contributed by atoms with van der Waals surface area (Å²) in [5, 5.41) is 0. The average Bonchev–Trinajstić information content (AvgIpc) is 2.61. The fourth-order valence-corrected chi connectivity index (χ4v) is 4.81. The van der Waals surface area contributed by atoms with Gasteiger partial charge in [-0.3, -0.25) is 14.7 Å². The van der Waals surface area contributed by atoms with Gasteiger partial charge in [-0.25, -0.2) is 9.98 Å². The lowest BCUT2D eigenvalue weighted by molar-refractivity contribution is -0.149. The normalized spacial score (nSPS) is 33.6. The standard InChI is InChI=1S/C19H20BrN5/c20-16-6-7-17(21-8-16)22-18(15-4-2-1-3-5-15)19-9-23-12-24(10-19)14-25(11-19)13-23/h1-8H,9-14H2. The van der Waals surface area contributed by atoms with Gasteiger partial charge in [-0.05, 0) is 33.6 Å². The van der Waals surface area contributed by atoms with Gasteiger partial charge in [0.2, 0.25) is 0 Å². The van der Waals surface area contributed by atoms with Gasteiger partial charge in [0.15, 0.2) is 5.82 Å². The third-order valence-electron chi connectivity index (χ3n) is 5.27. The van der Waals surface area contributed by atoms with Crippen LogP contribution in [0.2, 0.25) is 0 Å². The van der Waals surface area contributed by atoms with Crippen LogP contribution in [-0.2, 0) is 0 Å². The van der Waals surface area contributed by atoms with Crippen LogP contribution in [0.4, 0.5) is 5.82 Å². The monoisotopic (exact) mass is 397 g/mol. The maximum Gasteiger partial charge on any atom is 0.152 e. The van der Waals surface area contributed by atoms with Crippen molar-refractivity contribution in [2.45, 2.75) is 0 Å². The third-order valence-corrected chi connectivity index (χ3v) is 5.74. The summed E-state index contributed by atoms with van der Waals surface area (Å²) >= 11 is 3.46. The second-order valence-electron chi connectivity index (χ2n) is 7.35. The van der Waals surface area contributed by atoms with E-state index in [0.29, 0.717) is 0 Å². The van der Waals surface area contributed by atoms with Crippen molar-refractivity contribution >= 4 is 27.5 Å². The summed E-state index contributed by atoms with van der Waals surface area (Å²) in [7, 11) is 0. The summed E-state index contributed by atoms with van der Waals surface area (Å²) in [6.45, 7) is 6.46. The van der Waals surface area contributed by atoms with Crippen molar-refractivity contribution in [3.63, 3.8) is 0 Å². The minimum Gasteiger partial charge on any atom is -0.276 e. The highest BCUT2D eigenvalue weighted by molar-refractivity contribution is 9.10. The Balaban J connectivity index is 1.62. The Bertz CT molecular complexity index is 767. The van der Waals surface area contributed by atoms with Crippen LogP contribution < -0.4 is 0 Å². The van der Waals surface area contributed by atoms with Gasteiger partial charge in [-0.1, -0.05) is 30.3 Å². The zero-order valence-corrected chi connectivity index (χ0v) is 15.6. The van der Waals surface area contributed by atoms with Gasteiger partial charge in [-0.15, -0.1) is 0 Å². The molecule has 0 radical (unpaired) electrons. The van der Waals surface area contributed by atoms with E-state index in [9.17, 15) is 0 Å². The Labute approximate surface area is 156 Å². The fraction of sp³-hybridized carbons (Fsp3) is 0.368. The molecule has 0 N–H and O–H groups in total. The zero-order valence-electron chi connectivity index (χ0n) is 14.0. The first-order chi connectivity index (χ1) is 12.2. The Morgan fingerprint density at radius 2 is 1.56 bits per heavy atom. The molecule has 4 saturated heterocycles. The number of nitrogens with zero attached hydrogens (tertiary/aromatic N) is 5. The second-order valence-corrected chi connectivity index (χ2v) is 8.27. The number of hydrogen-bond acceptors (Lipinski definition) is 5. The molecule has 6 rings (SSSR count). The Morgan fingerprint density at radius 3 is 2.12 bits per heavy atom. The van der Waals surface area contributed by atoms with E-state index in [1.165, 1.54) is 11.3 Å². The smallest absolute Gasteiger partial charge is 0.152 e. The van der Waals surface area contributed by atoms with E-state index in [2.05, 4.69) is 65.9 Å².